The van der Waals surface area contributed by atoms with Crippen molar-refractivity contribution < 1.29 is 15.0 Å². The van der Waals surface area contributed by atoms with Crippen LogP contribution in [0.5, 0.6) is 0 Å². The van der Waals surface area contributed by atoms with E-state index in [1.165, 1.54) is 6.07 Å². The first-order chi connectivity index (χ1) is 9.26. The van der Waals surface area contributed by atoms with Gasteiger partial charge in [0, 0.05) is 26.9 Å². The number of aryl methyl sites for hydroxylation is 1. The molecule has 2 aromatic rings. The zero-order valence-corrected chi connectivity index (χ0v) is 10.9. The summed E-state index contributed by atoms with van der Waals surface area (Å²) in [6, 6.07) is 3.39. The molecule has 0 amide bonds. The summed E-state index contributed by atoms with van der Waals surface area (Å²) in [7, 11) is 0. The van der Waals surface area contributed by atoms with Gasteiger partial charge < -0.3 is 14.5 Å². The van der Waals surface area contributed by atoms with Crippen LogP contribution in [0.4, 0.5) is 4.39 Å². The van der Waals surface area contributed by atoms with Crippen LogP contribution in [0.25, 0.3) is 11.1 Å². The second-order valence-electron chi connectivity index (χ2n) is 4.92. The highest BCUT2D eigenvalue weighted by Gasteiger charge is 2.17. The number of nitrogens with one attached hydrogen (secondary N) is 1. The molecule has 1 aliphatic heterocycles. The Labute approximate surface area is 112 Å². The van der Waals surface area contributed by atoms with Gasteiger partial charge in [-0.15, -0.1) is 0 Å². The highest BCUT2D eigenvalue weighted by molar-refractivity contribution is 5.74. The average Bonchev–Trinajstić information content (AvgIpc) is 2.76. The summed E-state index contributed by atoms with van der Waals surface area (Å²) >= 11 is 0. The van der Waals surface area contributed by atoms with Gasteiger partial charge in [0.05, 0.1) is 13.2 Å². The van der Waals surface area contributed by atoms with E-state index in [0.29, 0.717) is 30.3 Å². The molecule has 1 saturated heterocycles. The molecule has 0 spiro atoms. The molecule has 1 aromatic carbocycles. The third-order valence-electron chi connectivity index (χ3n) is 3.32. The number of ether oxygens (including phenoxy) is 1. The lowest BCUT2D eigenvalue weighted by Crippen LogP contribution is -2.36. The maximum absolute atomic E-state index is 13.9. The average molecular weight is 266 g/mol. The van der Waals surface area contributed by atoms with Crippen molar-refractivity contribution in [3.05, 3.63) is 29.4 Å². The first-order valence-electron chi connectivity index (χ1n) is 6.62. The molecule has 3 rings (SSSR count). The summed E-state index contributed by atoms with van der Waals surface area (Å²) < 4.78 is 24.3. The van der Waals surface area contributed by atoms with Gasteiger partial charge in [0.15, 0.2) is 17.3 Å². The van der Waals surface area contributed by atoms with Crippen molar-refractivity contribution in [1.82, 2.24) is 10.3 Å². The first kappa shape index (κ1) is 12.6. The second kappa shape index (κ2) is 5.27. The van der Waals surface area contributed by atoms with E-state index < -0.39 is 0 Å². The monoisotopic (exact) mass is 266 g/mol. The Morgan fingerprint density at radius 1 is 1.47 bits per heavy atom. The lowest BCUT2D eigenvalue weighted by molar-refractivity contribution is -0.0307. The lowest BCUT2D eigenvalue weighted by Gasteiger charge is -2.26. The number of oxazole rings is 1. The molecule has 0 bridgehead atoms. The van der Waals surface area contributed by atoms with Gasteiger partial charge in [-0.25, -0.2) is 9.37 Å². The normalized spacial score (nSPS) is 15.9. The van der Waals surface area contributed by atoms with Crippen LogP contribution in [0.1, 0.15) is 19.8 Å². The van der Waals surface area contributed by atoms with Crippen LogP contribution in [0.15, 0.2) is 16.5 Å². The molecular formula is C14H19FN2O2. The van der Waals surface area contributed by atoms with Crippen molar-refractivity contribution >= 4 is 11.1 Å². The molecule has 1 N–H and O–H groups in total. The van der Waals surface area contributed by atoms with E-state index in [0.717, 1.165) is 25.3 Å². The Morgan fingerprint density at radius 3 is 3.00 bits per heavy atom. The van der Waals surface area contributed by atoms with Crippen LogP contribution in [0, 0.1) is 11.7 Å². The zero-order chi connectivity index (χ0) is 13.2. The van der Waals surface area contributed by atoms with Gasteiger partial charge in [-0.3, -0.25) is 0 Å². The highest BCUT2D eigenvalue weighted by Crippen LogP contribution is 2.21. The smallest absolute Gasteiger partial charge is 0.195 e. The molecule has 5 heteroatoms. The molecule has 1 fully saturated rings. The third kappa shape index (κ3) is 2.62. The number of benzene rings is 1. The van der Waals surface area contributed by atoms with E-state index >= 15 is 0 Å². The fraction of sp³-hybridized carbons (Fsp3) is 0.500. The number of nitrogens with zero attached hydrogens (tertiary/aromatic N) is 1. The van der Waals surface area contributed by atoms with E-state index in [9.17, 15) is 4.39 Å². The predicted octanol–water partition coefficient (Wildman–Crippen LogP) is 2.51. The molecule has 104 valence electrons. The topological polar surface area (TPSA) is 47.3 Å². The molecule has 0 unspecified atom stereocenters. The number of hydrogen-bond donors (Lipinski definition) is 1. The summed E-state index contributed by atoms with van der Waals surface area (Å²) in [5.74, 6) is 0.825. The number of aromatic nitrogens is 1. The van der Waals surface area contributed by atoms with Gasteiger partial charge in [0.25, 0.3) is 0 Å². The molecule has 0 atom stereocenters. The summed E-state index contributed by atoms with van der Waals surface area (Å²) in [4.78, 5) is 4.27. The van der Waals surface area contributed by atoms with Crippen LogP contribution in [-0.4, -0.2) is 24.7 Å². The number of hydrogen-bond acceptors (Lipinski definition) is 4. The minimum absolute atomic E-state index is 0. The predicted molar refractivity (Wildman–Crippen MR) is 71.5 cm³/mol. The Kier molecular flexibility index (Phi) is 3.48. The fourth-order valence-corrected chi connectivity index (χ4v) is 2.17. The third-order valence-corrected chi connectivity index (χ3v) is 3.32. The van der Waals surface area contributed by atoms with Crippen molar-refractivity contribution in [2.75, 3.05) is 19.8 Å². The van der Waals surface area contributed by atoms with Crippen molar-refractivity contribution in [2.24, 2.45) is 5.92 Å². The van der Waals surface area contributed by atoms with Crippen molar-refractivity contribution in [3.63, 3.8) is 0 Å². The molecule has 0 radical (unpaired) electrons. The highest BCUT2D eigenvalue weighted by atomic mass is 19.1. The van der Waals surface area contributed by atoms with Crippen LogP contribution in [0.2, 0.25) is 0 Å². The minimum Gasteiger partial charge on any atom is -0.438 e. The molecule has 1 aliphatic rings. The number of halogens is 1. The van der Waals surface area contributed by atoms with Crippen molar-refractivity contribution in [1.29, 1.82) is 0 Å². The van der Waals surface area contributed by atoms with Crippen LogP contribution < -0.4 is 5.32 Å². The van der Waals surface area contributed by atoms with Crippen LogP contribution in [-0.2, 0) is 17.7 Å². The van der Waals surface area contributed by atoms with E-state index in [1.54, 1.807) is 0 Å². The van der Waals surface area contributed by atoms with Crippen LogP contribution in [0.3, 0.4) is 0 Å². The van der Waals surface area contributed by atoms with Gasteiger partial charge in [-0.2, -0.15) is 0 Å². The van der Waals surface area contributed by atoms with E-state index in [-0.39, 0.29) is 12.8 Å². The molecule has 19 heavy (non-hydrogen) atoms. The summed E-state index contributed by atoms with van der Waals surface area (Å²) in [6.07, 6.45) is 0.670. The largest absolute Gasteiger partial charge is 0.438 e. The first-order valence-corrected chi connectivity index (χ1v) is 6.62. The minimum atomic E-state index is -0.339. The Hall–Kier alpha value is -1.46. The SMILES string of the molecule is CCc1nc2cc(CNCC3COC3)cc(F)c2o1.[HH]. The maximum Gasteiger partial charge on any atom is 0.195 e. The van der Waals surface area contributed by atoms with Gasteiger partial charge >= 0.3 is 0 Å². The lowest BCUT2D eigenvalue weighted by atomic mass is 10.1. The number of fused-ring (bicyclic) bond motifs is 1. The van der Waals surface area contributed by atoms with E-state index in [1.807, 2.05) is 13.0 Å². The molecule has 1 aromatic heterocycles. The van der Waals surface area contributed by atoms with Gasteiger partial charge in [0.2, 0.25) is 0 Å². The van der Waals surface area contributed by atoms with Gasteiger partial charge in [-0.05, 0) is 17.7 Å². The van der Waals surface area contributed by atoms with Crippen LogP contribution >= 0.6 is 0 Å². The summed E-state index contributed by atoms with van der Waals surface area (Å²) in [5.41, 5.74) is 1.75. The molecule has 0 saturated carbocycles. The Balaban J connectivity index is 0.00000147. The van der Waals surface area contributed by atoms with Crippen molar-refractivity contribution in [3.8, 4) is 0 Å². The zero-order valence-electron chi connectivity index (χ0n) is 10.9. The maximum atomic E-state index is 13.9. The fourth-order valence-electron chi connectivity index (χ4n) is 2.17. The molecular weight excluding hydrogens is 247 g/mol. The Bertz CT molecular complexity index is 584. The summed E-state index contributed by atoms with van der Waals surface area (Å²) in [5, 5.41) is 3.31. The second-order valence-corrected chi connectivity index (χ2v) is 4.92. The number of rotatable bonds is 5. The molecule has 0 aliphatic carbocycles. The molecule has 4 nitrogen and oxygen atoms in total. The summed E-state index contributed by atoms with van der Waals surface area (Å²) in [6.45, 7) is 5.12. The molecule has 2 heterocycles. The van der Waals surface area contributed by atoms with Crippen molar-refractivity contribution in [2.45, 2.75) is 19.9 Å². The van der Waals surface area contributed by atoms with E-state index in [2.05, 4.69) is 10.3 Å². The van der Waals surface area contributed by atoms with E-state index in [4.69, 9.17) is 9.15 Å². The van der Waals surface area contributed by atoms with Gasteiger partial charge in [0.1, 0.15) is 5.52 Å². The standard InChI is InChI=1S/C14H17FN2O2.H2/c1-2-13-17-12-4-9(3-11(15)14(12)19-13)5-16-6-10-7-18-8-10;/h3-4,10,16H,2,5-8H2,1H3;1H. The van der Waals surface area contributed by atoms with Gasteiger partial charge in [-0.1, -0.05) is 6.92 Å². The Morgan fingerprint density at radius 2 is 2.32 bits per heavy atom. The quantitative estimate of drug-likeness (QED) is 0.903.